The van der Waals surface area contributed by atoms with E-state index in [2.05, 4.69) is 15.5 Å². The second kappa shape index (κ2) is 10.5. The zero-order valence-electron chi connectivity index (χ0n) is 21.8. The maximum absolute atomic E-state index is 13.0. The molecule has 0 aliphatic carbocycles. The summed E-state index contributed by atoms with van der Waals surface area (Å²) in [4.78, 5) is 17.5. The van der Waals surface area contributed by atoms with Crippen molar-refractivity contribution < 1.29 is 17.7 Å². The topological polar surface area (TPSA) is 120 Å². The first kappa shape index (κ1) is 25.7. The van der Waals surface area contributed by atoms with Crippen LogP contribution < -0.4 is 5.32 Å². The Kier molecular flexibility index (Phi) is 6.77. The molecule has 1 atom stereocenters. The largest absolute Gasteiger partial charge is 0.338 e. The number of nitrogens with zero attached hydrogens (tertiary/aromatic N) is 4. The van der Waals surface area contributed by atoms with E-state index in [1.807, 2.05) is 71.4 Å². The highest BCUT2D eigenvalue weighted by Crippen LogP contribution is 2.37. The summed E-state index contributed by atoms with van der Waals surface area (Å²) in [7, 11) is -3.14. The first-order valence-corrected chi connectivity index (χ1v) is 14.8. The van der Waals surface area contributed by atoms with Gasteiger partial charge in [-0.15, -0.1) is 0 Å². The van der Waals surface area contributed by atoms with E-state index in [1.54, 1.807) is 25.3 Å². The summed E-state index contributed by atoms with van der Waals surface area (Å²) in [5, 5.41) is 11.6. The van der Waals surface area contributed by atoms with Gasteiger partial charge in [0.2, 0.25) is 5.88 Å². The molecule has 1 amide bonds. The van der Waals surface area contributed by atoms with Gasteiger partial charge >= 0.3 is 0 Å². The Hall–Kier alpha value is -4.57. The Bertz CT molecular complexity index is 1780. The van der Waals surface area contributed by atoms with Crippen molar-refractivity contribution in [2.24, 2.45) is 0 Å². The molecule has 6 rings (SSSR count). The van der Waals surface area contributed by atoms with E-state index < -0.39 is 9.84 Å². The van der Waals surface area contributed by atoms with Gasteiger partial charge in [-0.3, -0.25) is 19.8 Å². The molecule has 5 aromatic rings. The van der Waals surface area contributed by atoms with Gasteiger partial charge in [0.1, 0.15) is 5.69 Å². The minimum absolute atomic E-state index is 0.0480. The van der Waals surface area contributed by atoms with Crippen LogP contribution in [0.2, 0.25) is 0 Å². The lowest BCUT2D eigenvalue weighted by Gasteiger charge is -2.15. The predicted molar refractivity (Wildman–Crippen MR) is 152 cm³/mol. The summed E-state index contributed by atoms with van der Waals surface area (Å²) in [5.41, 5.74) is 6.14. The maximum atomic E-state index is 13.0. The molecule has 0 radical (unpaired) electrons. The molecular formula is C30H27N5O4S. The van der Waals surface area contributed by atoms with Crippen molar-refractivity contribution in [2.75, 3.05) is 16.8 Å². The highest BCUT2D eigenvalue weighted by atomic mass is 32.2. The van der Waals surface area contributed by atoms with E-state index in [1.165, 1.54) is 0 Å². The minimum Gasteiger partial charge on any atom is -0.338 e. The monoisotopic (exact) mass is 553 g/mol. The van der Waals surface area contributed by atoms with E-state index in [9.17, 15) is 13.2 Å². The van der Waals surface area contributed by atoms with Gasteiger partial charge in [-0.05, 0) is 43.2 Å². The lowest BCUT2D eigenvalue weighted by molar-refractivity contribution is 0.102. The molecule has 3 aromatic heterocycles. The summed E-state index contributed by atoms with van der Waals surface area (Å²) in [5.74, 6) is 0.163. The molecule has 40 heavy (non-hydrogen) atoms. The second-order valence-electron chi connectivity index (χ2n) is 9.92. The highest BCUT2D eigenvalue weighted by Gasteiger charge is 2.33. The molecule has 10 heteroatoms. The molecule has 1 aliphatic rings. The minimum atomic E-state index is -3.14. The third-order valence-corrected chi connectivity index (χ3v) is 8.70. The molecule has 2 aromatic carbocycles. The quantitative estimate of drug-likeness (QED) is 0.297. The van der Waals surface area contributed by atoms with Crippen LogP contribution in [0.15, 0.2) is 89.6 Å². The van der Waals surface area contributed by atoms with Gasteiger partial charge in [0.15, 0.2) is 9.84 Å². The van der Waals surface area contributed by atoms with Crippen molar-refractivity contribution in [2.45, 2.75) is 25.8 Å². The van der Waals surface area contributed by atoms with Gasteiger partial charge in [0.25, 0.3) is 5.91 Å². The number of nitrogens with one attached hydrogen (secondary N) is 1. The van der Waals surface area contributed by atoms with Crippen molar-refractivity contribution in [3.05, 3.63) is 107 Å². The van der Waals surface area contributed by atoms with Crippen LogP contribution >= 0.6 is 0 Å². The number of hydrogen-bond donors (Lipinski definition) is 1. The SMILES string of the molecule is Cc1cc(NC(=O)c2cccc(Cc3c(-c4ccccn4)nn(C4CCS(=O)(=O)C4)c3-c3ccccc3)c2)on1. The smallest absolute Gasteiger partial charge is 0.258 e. The second-order valence-corrected chi connectivity index (χ2v) is 12.2. The Morgan fingerprint density at radius 1 is 1.05 bits per heavy atom. The van der Waals surface area contributed by atoms with E-state index in [-0.39, 0.29) is 29.3 Å². The molecule has 0 saturated carbocycles. The molecule has 1 fully saturated rings. The number of hydrogen-bond acceptors (Lipinski definition) is 7. The molecule has 1 unspecified atom stereocenters. The average molecular weight is 554 g/mol. The predicted octanol–water partition coefficient (Wildman–Crippen LogP) is 5.11. The fraction of sp³-hybridized carbons (Fsp3) is 0.200. The Morgan fingerprint density at radius 2 is 1.88 bits per heavy atom. The van der Waals surface area contributed by atoms with E-state index in [0.717, 1.165) is 22.4 Å². The Labute approximate surface area is 231 Å². The van der Waals surface area contributed by atoms with Crippen molar-refractivity contribution in [1.29, 1.82) is 0 Å². The van der Waals surface area contributed by atoms with Gasteiger partial charge in [0.05, 0.1) is 34.6 Å². The number of anilines is 1. The summed E-state index contributed by atoms with van der Waals surface area (Å²) < 4.78 is 31.9. The fourth-order valence-corrected chi connectivity index (χ4v) is 6.80. The first-order valence-electron chi connectivity index (χ1n) is 13.0. The number of rotatable bonds is 7. The van der Waals surface area contributed by atoms with E-state index in [0.29, 0.717) is 35.5 Å². The molecular weight excluding hydrogens is 526 g/mol. The number of carbonyl (C=O) groups is 1. The summed E-state index contributed by atoms with van der Waals surface area (Å²) in [6.45, 7) is 1.78. The van der Waals surface area contributed by atoms with Crippen LogP contribution in [0.1, 0.15) is 39.6 Å². The fourth-order valence-electron chi connectivity index (χ4n) is 5.11. The highest BCUT2D eigenvalue weighted by molar-refractivity contribution is 7.91. The number of sulfone groups is 1. The molecule has 9 nitrogen and oxygen atoms in total. The molecule has 0 spiro atoms. The number of aryl methyl sites for hydroxylation is 1. The number of carbonyl (C=O) groups excluding carboxylic acids is 1. The zero-order chi connectivity index (χ0) is 27.7. The summed E-state index contributed by atoms with van der Waals surface area (Å²) >= 11 is 0. The normalized spacial score (nSPS) is 16.2. The number of benzene rings is 2. The lowest BCUT2D eigenvalue weighted by atomic mass is 9.96. The number of pyridine rings is 1. The average Bonchev–Trinajstić information content (AvgIpc) is 3.66. The standard InChI is InChI=1S/C30H27N5O4S/c1-20-16-27(39-34-20)32-30(36)23-11-7-8-21(17-23)18-25-28(26-12-5-6-14-31-26)33-35(24-13-15-40(37,38)19-24)29(25)22-9-3-2-4-10-22/h2-12,14,16-17,24H,13,15,18-19H2,1H3,(H,32,36). The van der Waals surface area contributed by atoms with Crippen molar-refractivity contribution >= 4 is 21.6 Å². The van der Waals surface area contributed by atoms with Crippen LogP contribution in [0, 0.1) is 6.92 Å². The van der Waals surface area contributed by atoms with Gasteiger partial charge in [0, 0.05) is 35.4 Å². The third kappa shape index (κ3) is 5.30. The number of aromatic nitrogens is 4. The van der Waals surface area contributed by atoms with Crippen LogP contribution in [-0.4, -0.2) is 45.8 Å². The molecule has 1 aliphatic heterocycles. The van der Waals surface area contributed by atoms with Crippen LogP contribution in [0.3, 0.4) is 0 Å². The van der Waals surface area contributed by atoms with Crippen LogP contribution in [0.4, 0.5) is 5.88 Å². The molecule has 1 saturated heterocycles. The van der Waals surface area contributed by atoms with Crippen LogP contribution in [0.5, 0.6) is 0 Å². The lowest BCUT2D eigenvalue weighted by Crippen LogP contribution is -2.14. The zero-order valence-corrected chi connectivity index (χ0v) is 22.6. The van der Waals surface area contributed by atoms with Gasteiger partial charge in [-0.1, -0.05) is 53.7 Å². The van der Waals surface area contributed by atoms with Crippen molar-refractivity contribution in [3.8, 4) is 22.6 Å². The molecule has 202 valence electrons. The van der Waals surface area contributed by atoms with Gasteiger partial charge in [-0.25, -0.2) is 8.42 Å². The van der Waals surface area contributed by atoms with Gasteiger partial charge in [-0.2, -0.15) is 5.10 Å². The molecule has 4 heterocycles. The third-order valence-electron chi connectivity index (χ3n) is 6.95. The van der Waals surface area contributed by atoms with E-state index in [4.69, 9.17) is 9.62 Å². The number of amides is 1. The van der Waals surface area contributed by atoms with Gasteiger partial charge < -0.3 is 4.52 Å². The molecule has 1 N–H and O–H groups in total. The summed E-state index contributed by atoms with van der Waals surface area (Å²) in [6, 6.07) is 24.3. The molecule has 0 bridgehead atoms. The van der Waals surface area contributed by atoms with Crippen molar-refractivity contribution in [1.82, 2.24) is 19.9 Å². The Balaban J connectivity index is 1.45. The first-order chi connectivity index (χ1) is 19.4. The van der Waals surface area contributed by atoms with Crippen LogP contribution in [0.25, 0.3) is 22.6 Å². The Morgan fingerprint density at radius 3 is 2.58 bits per heavy atom. The summed E-state index contributed by atoms with van der Waals surface area (Å²) in [6.07, 6.45) is 2.68. The van der Waals surface area contributed by atoms with Crippen molar-refractivity contribution in [3.63, 3.8) is 0 Å². The van der Waals surface area contributed by atoms with E-state index >= 15 is 0 Å². The van der Waals surface area contributed by atoms with Crippen LogP contribution in [-0.2, 0) is 16.3 Å². The maximum Gasteiger partial charge on any atom is 0.258 e.